The Labute approximate surface area is 128 Å². The van der Waals surface area contributed by atoms with Gasteiger partial charge in [-0.25, -0.2) is 4.98 Å². The third-order valence-corrected chi connectivity index (χ3v) is 3.86. The largest absolute Gasteiger partial charge is 0.417 e. The van der Waals surface area contributed by atoms with E-state index in [2.05, 4.69) is 25.5 Å². The fourth-order valence-corrected chi connectivity index (χ4v) is 2.60. The minimum Gasteiger partial charge on any atom is -0.417 e. The van der Waals surface area contributed by atoms with Gasteiger partial charge in [-0.2, -0.15) is 0 Å². The fourth-order valence-electron chi connectivity index (χ4n) is 2.60. The SMILES string of the molecule is Cc1cnc(-c2nnc(CNC(=O)C3CCCCC3)o2)cn1. The zero-order valence-corrected chi connectivity index (χ0v) is 12.6. The number of rotatable bonds is 4. The molecule has 7 nitrogen and oxygen atoms in total. The molecule has 2 heterocycles. The number of aromatic nitrogens is 4. The van der Waals surface area contributed by atoms with Crippen LogP contribution in [0.4, 0.5) is 0 Å². The summed E-state index contributed by atoms with van der Waals surface area (Å²) >= 11 is 0. The molecule has 1 N–H and O–H groups in total. The van der Waals surface area contributed by atoms with Crippen molar-refractivity contribution in [2.45, 2.75) is 45.6 Å². The maximum absolute atomic E-state index is 12.1. The lowest BCUT2D eigenvalue weighted by Crippen LogP contribution is -2.31. The molecule has 22 heavy (non-hydrogen) atoms. The van der Waals surface area contributed by atoms with Gasteiger partial charge in [-0.15, -0.1) is 10.2 Å². The highest BCUT2D eigenvalue weighted by molar-refractivity contribution is 5.78. The third kappa shape index (κ3) is 3.47. The van der Waals surface area contributed by atoms with Gasteiger partial charge in [0.15, 0.2) is 0 Å². The van der Waals surface area contributed by atoms with Gasteiger partial charge >= 0.3 is 0 Å². The number of amides is 1. The smallest absolute Gasteiger partial charge is 0.267 e. The molecular formula is C15H19N5O2. The van der Waals surface area contributed by atoms with Gasteiger partial charge in [0.05, 0.1) is 18.4 Å². The molecule has 1 fully saturated rings. The second-order valence-electron chi connectivity index (χ2n) is 5.60. The molecule has 2 aromatic heterocycles. The molecule has 116 valence electrons. The van der Waals surface area contributed by atoms with Crippen LogP contribution >= 0.6 is 0 Å². The molecule has 7 heteroatoms. The van der Waals surface area contributed by atoms with Crippen molar-refractivity contribution >= 4 is 5.91 Å². The standard InChI is InChI=1S/C15H19N5O2/c1-10-7-17-12(8-16-10)15-20-19-13(22-15)9-18-14(21)11-5-3-2-4-6-11/h7-8,11H,2-6,9H2,1H3,(H,18,21). The van der Waals surface area contributed by atoms with E-state index in [9.17, 15) is 4.79 Å². The topological polar surface area (TPSA) is 93.8 Å². The van der Waals surface area contributed by atoms with Crippen molar-refractivity contribution in [3.8, 4) is 11.6 Å². The second kappa shape index (κ2) is 6.64. The molecule has 0 unspecified atom stereocenters. The van der Waals surface area contributed by atoms with Gasteiger partial charge in [0, 0.05) is 12.1 Å². The molecule has 1 saturated carbocycles. The molecule has 0 radical (unpaired) electrons. The zero-order valence-electron chi connectivity index (χ0n) is 12.6. The Hall–Kier alpha value is -2.31. The number of nitrogens with one attached hydrogen (secondary N) is 1. The first-order valence-electron chi connectivity index (χ1n) is 7.61. The number of hydrogen-bond acceptors (Lipinski definition) is 6. The van der Waals surface area contributed by atoms with Crippen LogP contribution in [0.3, 0.4) is 0 Å². The molecule has 1 aliphatic carbocycles. The molecule has 0 aromatic carbocycles. The maximum Gasteiger partial charge on any atom is 0.267 e. The number of hydrogen-bond donors (Lipinski definition) is 1. The Kier molecular flexibility index (Phi) is 4.41. The summed E-state index contributed by atoms with van der Waals surface area (Å²) in [5.74, 6) is 0.893. The van der Waals surface area contributed by atoms with Crippen molar-refractivity contribution < 1.29 is 9.21 Å². The van der Waals surface area contributed by atoms with Crippen molar-refractivity contribution in [1.29, 1.82) is 0 Å². The van der Waals surface area contributed by atoms with Crippen LogP contribution in [0.1, 0.15) is 43.7 Å². The highest BCUT2D eigenvalue weighted by atomic mass is 16.4. The Morgan fingerprint density at radius 3 is 2.77 bits per heavy atom. The molecule has 1 aliphatic rings. The van der Waals surface area contributed by atoms with E-state index in [1.807, 2.05) is 6.92 Å². The van der Waals surface area contributed by atoms with E-state index in [0.29, 0.717) is 17.5 Å². The molecule has 0 atom stereocenters. The minimum absolute atomic E-state index is 0.0783. The summed E-state index contributed by atoms with van der Waals surface area (Å²) in [5, 5.41) is 10.7. The lowest BCUT2D eigenvalue weighted by atomic mass is 9.89. The molecule has 3 rings (SSSR count). The summed E-state index contributed by atoms with van der Waals surface area (Å²) < 4.78 is 5.51. The predicted octanol–water partition coefficient (Wildman–Crippen LogP) is 2.03. The van der Waals surface area contributed by atoms with E-state index in [-0.39, 0.29) is 18.4 Å². The van der Waals surface area contributed by atoms with E-state index in [1.54, 1.807) is 12.4 Å². The number of carbonyl (C=O) groups excluding carboxylic acids is 1. The van der Waals surface area contributed by atoms with E-state index >= 15 is 0 Å². The summed E-state index contributed by atoms with van der Waals surface area (Å²) in [7, 11) is 0. The Bertz CT molecular complexity index is 632. The molecule has 0 aliphatic heterocycles. The van der Waals surface area contributed by atoms with E-state index in [1.165, 1.54) is 6.42 Å². The fraction of sp³-hybridized carbons (Fsp3) is 0.533. The van der Waals surface area contributed by atoms with Gasteiger partial charge in [0.1, 0.15) is 5.69 Å². The van der Waals surface area contributed by atoms with Gasteiger partial charge in [0.25, 0.3) is 5.89 Å². The van der Waals surface area contributed by atoms with E-state index < -0.39 is 0 Å². The molecule has 0 spiro atoms. The quantitative estimate of drug-likeness (QED) is 0.928. The minimum atomic E-state index is 0.0783. The molecule has 0 saturated heterocycles. The van der Waals surface area contributed by atoms with Crippen LogP contribution in [0.2, 0.25) is 0 Å². The highest BCUT2D eigenvalue weighted by Crippen LogP contribution is 2.23. The maximum atomic E-state index is 12.1. The molecule has 1 amide bonds. The Morgan fingerprint density at radius 1 is 1.23 bits per heavy atom. The molecular weight excluding hydrogens is 282 g/mol. The van der Waals surface area contributed by atoms with Crippen molar-refractivity contribution in [3.05, 3.63) is 24.0 Å². The normalized spacial score (nSPS) is 15.7. The Balaban J connectivity index is 1.57. The van der Waals surface area contributed by atoms with E-state index in [0.717, 1.165) is 31.4 Å². The van der Waals surface area contributed by atoms with Crippen molar-refractivity contribution in [2.24, 2.45) is 5.92 Å². The lowest BCUT2D eigenvalue weighted by Gasteiger charge is -2.20. The van der Waals surface area contributed by atoms with Crippen LogP contribution < -0.4 is 5.32 Å². The van der Waals surface area contributed by atoms with Crippen LogP contribution in [0.25, 0.3) is 11.6 Å². The first kappa shape index (κ1) is 14.6. The first-order chi connectivity index (χ1) is 10.7. The number of carbonyl (C=O) groups is 1. The van der Waals surface area contributed by atoms with Gasteiger partial charge in [-0.3, -0.25) is 9.78 Å². The highest BCUT2D eigenvalue weighted by Gasteiger charge is 2.21. The first-order valence-corrected chi connectivity index (χ1v) is 7.61. The molecule has 2 aromatic rings. The monoisotopic (exact) mass is 301 g/mol. The predicted molar refractivity (Wildman–Crippen MR) is 78.5 cm³/mol. The van der Waals surface area contributed by atoms with Crippen LogP contribution in [0.15, 0.2) is 16.8 Å². The summed E-state index contributed by atoms with van der Waals surface area (Å²) in [4.78, 5) is 20.4. The van der Waals surface area contributed by atoms with Crippen LogP contribution in [-0.4, -0.2) is 26.1 Å². The average Bonchev–Trinajstić information content (AvgIpc) is 3.03. The second-order valence-corrected chi connectivity index (χ2v) is 5.60. The summed E-state index contributed by atoms with van der Waals surface area (Å²) in [5.41, 5.74) is 1.35. The van der Waals surface area contributed by atoms with Gasteiger partial charge in [-0.1, -0.05) is 19.3 Å². The summed E-state index contributed by atoms with van der Waals surface area (Å²) in [6.45, 7) is 2.11. The number of nitrogens with zero attached hydrogens (tertiary/aromatic N) is 4. The zero-order chi connectivity index (χ0) is 15.4. The van der Waals surface area contributed by atoms with Crippen LogP contribution in [-0.2, 0) is 11.3 Å². The van der Waals surface area contributed by atoms with Gasteiger partial charge in [0.2, 0.25) is 11.8 Å². The van der Waals surface area contributed by atoms with Gasteiger partial charge in [-0.05, 0) is 19.8 Å². The average molecular weight is 301 g/mol. The lowest BCUT2D eigenvalue weighted by molar-refractivity contribution is -0.126. The summed E-state index contributed by atoms with van der Waals surface area (Å²) in [6.07, 6.45) is 8.68. The van der Waals surface area contributed by atoms with Gasteiger partial charge < -0.3 is 9.73 Å². The van der Waals surface area contributed by atoms with Crippen molar-refractivity contribution in [2.75, 3.05) is 0 Å². The van der Waals surface area contributed by atoms with Crippen LogP contribution in [0.5, 0.6) is 0 Å². The number of aryl methyl sites for hydroxylation is 1. The third-order valence-electron chi connectivity index (χ3n) is 3.86. The van der Waals surface area contributed by atoms with Crippen LogP contribution in [0, 0.1) is 12.8 Å². The van der Waals surface area contributed by atoms with E-state index in [4.69, 9.17) is 4.42 Å². The molecule has 0 bridgehead atoms. The van der Waals surface area contributed by atoms with Crippen molar-refractivity contribution in [1.82, 2.24) is 25.5 Å². The van der Waals surface area contributed by atoms with Crippen molar-refractivity contribution in [3.63, 3.8) is 0 Å². The summed E-state index contributed by atoms with van der Waals surface area (Å²) in [6, 6.07) is 0. The Morgan fingerprint density at radius 2 is 2.05 bits per heavy atom.